The number of amides is 1. The lowest BCUT2D eigenvalue weighted by molar-refractivity contribution is -0.132. The van der Waals surface area contributed by atoms with Gasteiger partial charge in [0.15, 0.2) is 0 Å². The Hall–Kier alpha value is -0.610. The molecule has 1 amide bonds. The van der Waals surface area contributed by atoms with E-state index in [1.807, 2.05) is 6.92 Å². The van der Waals surface area contributed by atoms with Crippen LogP contribution in [0.25, 0.3) is 0 Å². The number of carbonyl (C=O) groups is 1. The molecule has 0 unspecified atom stereocenters. The number of nitrogens with one attached hydrogen (secondary N) is 1. The van der Waals surface area contributed by atoms with E-state index >= 15 is 0 Å². The van der Waals surface area contributed by atoms with Crippen LogP contribution >= 0.6 is 0 Å². The van der Waals surface area contributed by atoms with E-state index in [-0.39, 0.29) is 5.91 Å². The topological polar surface area (TPSA) is 58.4 Å². The Labute approximate surface area is 67.7 Å². The number of carbonyl (C=O) groups excluding carboxylic acids is 1. The van der Waals surface area contributed by atoms with E-state index in [0.717, 1.165) is 13.0 Å². The van der Waals surface area contributed by atoms with E-state index in [1.54, 1.807) is 7.05 Å². The molecule has 0 aromatic rings. The molecule has 0 aliphatic carbocycles. The maximum atomic E-state index is 11.0. The normalized spacial score (nSPS) is 9.73. The molecule has 0 bridgehead atoms. The molecule has 0 saturated carbocycles. The first-order chi connectivity index (χ1) is 5.22. The lowest BCUT2D eigenvalue weighted by atomic mass is 10.4. The summed E-state index contributed by atoms with van der Waals surface area (Å²) in [4.78, 5) is 11.0. The molecule has 4 heteroatoms. The second kappa shape index (κ2) is 6.12. The average Bonchev–Trinajstić information content (AvgIpc) is 2.00. The number of hydrazine groups is 1. The van der Waals surface area contributed by atoms with Gasteiger partial charge in [-0.15, -0.1) is 0 Å². The van der Waals surface area contributed by atoms with Gasteiger partial charge in [0.1, 0.15) is 0 Å². The van der Waals surface area contributed by atoms with Crippen molar-refractivity contribution in [3.63, 3.8) is 0 Å². The van der Waals surface area contributed by atoms with Gasteiger partial charge in [-0.05, 0) is 6.42 Å². The second-order valence-electron chi connectivity index (χ2n) is 2.40. The lowest BCUT2D eigenvalue weighted by Crippen LogP contribution is -2.40. The third-order valence-electron chi connectivity index (χ3n) is 1.33. The SMILES string of the molecule is CCCNN(C)C(=O)CCN. The fourth-order valence-corrected chi connectivity index (χ4v) is 0.659. The van der Waals surface area contributed by atoms with Crippen LogP contribution in [0.15, 0.2) is 0 Å². The number of nitrogens with two attached hydrogens (primary N) is 1. The van der Waals surface area contributed by atoms with Gasteiger partial charge in [-0.2, -0.15) is 0 Å². The molecule has 0 aromatic carbocycles. The average molecular weight is 159 g/mol. The number of nitrogens with zero attached hydrogens (tertiary/aromatic N) is 1. The summed E-state index contributed by atoms with van der Waals surface area (Å²) in [5, 5.41) is 1.50. The van der Waals surface area contributed by atoms with Crippen molar-refractivity contribution < 1.29 is 4.79 Å². The van der Waals surface area contributed by atoms with Crippen molar-refractivity contribution in [3.8, 4) is 0 Å². The van der Waals surface area contributed by atoms with Gasteiger partial charge in [0.2, 0.25) is 5.91 Å². The Bertz CT molecular complexity index is 116. The van der Waals surface area contributed by atoms with Crippen LogP contribution in [0, 0.1) is 0 Å². The van der Waals surface area contributed by atoms with Gasteiger partial charge in [-0.3, -0.25) is 9.80 Å². The smallest absolute Gasteiger partial charge is 0.237 e. The van der Waals surface area contributed by atoms with Crippen LogP contribution in [0.5, 0.6) is 0 Å². The summed E-state index contributed by atoms with van der Waals surface area (Å²) in [5.41, 5.74) is 8.17. The molecule has 0 radical (unpaired) electrons. The Morgan fingerprint density at radius 1 is 1.64 bits per heavy atom. The summed E-state index contributed by atoms with van der Waals surface area (Å²) >= 11 is 0. The van der Waals surface area contributed by atoms with E-state index in [2.05, 4.69) is 5.43 Å². The zero-order chi connectivity index (χ0) is 8.69. The van der Waals surface area contributed by atoms with Crippen LogP contribution in [-0.2, 0) is 4.79 Å². The molecule has 4 nitrogen and oxygen atoms in total. The van der Waals surface area contributed by atoms with Crippen LogP contribution < -0.4 is 11.2 Å². The highest BCUT2D eigenvalue weighted by Crippen LogP contribution is 1.84. The van der Waals surface area contributed by atoms with Crippen LogP contribution in [0.3, 0.4) is 0 Å². The van der Waals surface area contributed by atoms with E-state index in [0.29, 0.717) is 13.0 Å². The summed E-state index contributed by atoms with van der Waals surface area (Å²) in [6.45, 7) is 3.29. The quantitative estimate of drug-likeness (QED) is 0.542. The van der Waals surface area contributed by atoms with E-state index in [9.17, 15) is 4.79 Å². The molecule has 0 saturated heterocycles. The van der Waals surface area contributed by atoms with E-state index < -0.39 is 0 Å². The third-order valence-corrected chi connectivity index (χ3v) is 1.33. The molecule has 0 heterocycles. The molecular formula is C7H17N3O. The maximum Gasteiger partial charge on any atom is 0.237 e. The molecule has 0 fully saturated rings. The first-order valence-electron chi connectivity index (χ1n) is 3.92. The van der Waals surface area contributed by atoms with Crippen molar-refractivity contribution in [2.75, 3.05) is 20.1 Å². The predicted molar refractivity (Wildman–Crippen MR) is 44.7 cm³/mol. The molecule has 0 aliphatic heterocycles. The molecule has 0 aromatic heterocycles. The van der Waals surface area contributed by atoms with Crippen molar-refractivity contribution in [1.29, 1.82) is 0 Å². The standard InChI is InChI=1S/C7H17N3O/c1-3-6-9-10(2)7(11)4-5-8/h9H,3-6,8H2,1-2H3. The van der Waals surface area contributed by atoms with Crippen molar-refractivity contribution in [2.24, 2.45) is 5.73 Å². The van der Waals surface area contributed by atoms with Crippen molar-refractivity contribution >= 4 is 5.91 Å². The molecule has 66 valence electrons. The predicted octanol–water partition coefficient (Wildman–Crippen LogP) is -0.292. The summed E-state index contributed by atoms with van der Waals surface area (Å²) in [5.74, 6) is 0.0425. The van der Waals surface area contributed by atoms with Gasteiger partial charge in [0.05, 0.1) is 0 Å². The van der Waals surface area contributed by atoms with Gasteiger partial charge in [0, 0.05) is 26.6 Å². The summed E-state index contributed by atoms with van der Waals surface area (Å²) in [6.07, 6.45) is 1.42. The summed E-state index contributed by atoms with van der Waals surface area (Å²) in [6, 6.07) is 0. The molecule has 0 spiro atoms. The Kier molecular flexibility index (Phi) is 5.78. The highest BCUT2D eigenvalue weighted by molar-refractivity contribution is 5.75. The van der Waals surface area contributed by atoms with Crippen LogP contribution in [0.1, 0.15) is 19.8 Å². The molecule has 0 atom stereocenters. The third kappa shape index (κ3) is 4.75. The van der Waals surface area contributed by atoms with Crippen LogP contribution in [-0.4, -0.2) is 31.1 Å². The van der Waals surface area contributed by atoms with Crippen molar-refractivity contribution in [2.45, 2.75) is 19.8 Å². The van der Waals surface area contributed by atoms with Gasteiger partial charge >= 0.3 is 0 Å². The molecular weight excluding hydrogens is 142 g/mol. The fraction of sp³-hybridized carbons (Fsp3) is 0.857. The van der Waals surface area contributed by atoms with Gasteiger partial charge < -0.3 is 5.73 Å². The molecule has 11 heavy (non-hydrogen) atoms. The Morgan fingerprint density at radius 2 is 2.27 bits per heavy atom. The highest BCUT2D eigenvalue weighted by Gasteiger charge is 2.04. The van der Waals surface area contributed by atoms with Gasteiger partial charge in [-0.25, -0.2) is 5.43 Å². The lowest BCUT2D eigenvalue weighted by Gasteiger charge is -2.17. The summed E-state index contributed by atoms with van der Waals surface area (Å²) in [7, 11) is 1.72. The maximum absolute atomic E-state index is 11.0. The first kappa shape index (κ1) is 10.4. The number of rotatable bonds is 5. The monoisotopic (exact) mass is 159 g/mol. The zero-order valence-electron chi connectivity index (χ0n) is 7.26. The van der Waals surface area contributed by atoms with E-state index in [4.69, 9.17) is 5.73 Å². The highest BCUT2D eigenvalue weighted by atomic mass is 16.2. The fourth-order valence-electron chi connectivity index (χ4n) is 0.659. The minimum atomic E-state index is 0.0425. The van der Waals surface area contributed by atoms with Gasteiger partial charge in [-0.1, -0.05) is 6.92 Å². The van der Waals surface area contributed by atoms with Gasteiger partial charge in [0.25, 0.3) is 0 Å². The zero-order valence-corrected chi connectivity index (χ0v) is 7.26. The van der Waals surface area contributed by atoms with Crippen molar-refractivity contribution in [1.82, 2.24) is 10.4 Å². The minimum Gasteiger partial charge on any atom is -0.330 e. The van der Waals surface area contributed by atoms with Crippen LogP contribution in [0.4, 0.5) is 0 Å². The molecule has 3 N–H and O–H groups in total. The second-order valence-corrected chi connectivity index (χ2v) is 2.40. The first-order valence-corrected chi connectivity index (χ1v) is 3.92. The van der Waals surface area contributed by atoms with Crippen molar-refractivity contribution in [3.05, 3.63) is 0 Å². The largest absolute Gasteiger partial charge is 0.330 e. The molecule has 0 aliphatic rings. The summed E-state index contributed by atoms with van der Waals surface area (Å²) < 4.78 is 0. The minimum absolute atomic E-state index is 0.0425. The Morgan fingerprint density at radius 3 is 2.73 bits per heavy atom. The molecule has 0 rings (SSSR count). The Balaban J connectivity index is 3.46. The number of hydrogen-bond acceptors (Lipinski definition) is 3. The van der Waals surface area contributed by atoms with Crippen LogP contribution in [0.2, 0.25) is 0 Å². The van der Waals surface area contributed by atoms with E-state index in [1.165, 1.54) is 5.01 Å². The number of hydrogen-bond donors (Lipinski definition) is 2.